The first-order valence-electron chi connectivity index (χ1n) is 11.8. The van der Waals surface area contributed by atoms with Crippen LogP contribution in [0.25, 0.3) is 33.3 Å². The minimum atomic E-state index is -0.632. The minimum Gasteiger partial charge on any atom is -0.497 e. The third-order valence-electron chi connectivity index (χ3n) is 7.05. The van der Waals surface area contributed by atoms with Gasteiger partial charge in [-0.15, -0.1) is 0 Å². The summed E-state index contributed by atoms with van der Waals surface area (Å²) in [6.07, 6.45) is 2.37. The molecule has 180 valence electrons. The molecule has 1 unspecified atom stereocenters. The van der Waals surface area contributed by atoms with E-state index in [1.807, 2.05) is 48.0 Å². The summed E-state index contributed by atoms with van der Waals surface area (Å²) < 4.78 is 7.34. The van der Waals surface area contributed by atoms with E-state index in [1.54, 1.807) is 18.3 Å². The molecule has 1 aromatic heterocycles. The van der Waals surface area contributed by atoms with Gasteiger partial charge in [0.1, 0.15) is 11.8 Å². The Morgan fingerprint density at radius 1 is 0.972 bits per heavy atom. The molecule has 1 fully saturated rings. The number of methoxy groups -OCH3 is 1. The van der Waals surface area contributed by atoms with Crippen LogP contribution in [0.15, 0.2) is 60.9 Å². The van der Waals surface area contributed by atoms with E-state index in [1.165, 1.54) is 0 Å². The van der Waals surface area contributed by atoms with Crippen LogP contribution in [0.5, 0.6) is 5.75 Å². The number of aromatic nitrogens is 2. The summed E-state index contributed by atoms with van der Waals surface area (Å²) in [5.74, 6) is -0.0699. The predicted molar refractivity (Wildman–Crippen MR) is 134 cm³/mol. The van der Waals surface area contributed by atoms with Crippen molar-refractivity contribution < 1.29 is 19.1 Å². The normalized spacial score (nSPS) is 17.4. The molecule has 3 heterocycles. The molecular formula is C28H24N4O4. The van der Waals surface area contributed by atoms with E-state index in [9.17, 15) is 14.4 Å². The largest absolute Gasteiger partial charge is 0.497 e. The lowest BCUT2D eigenvalue weighted by molar-refractivity contribution is -0.136. The third kappa shape index (κ3) is 3.53. The van der Waals surface area contributed by atoms with Gasteiger partial charge in [0.05, 0.1) is 24.8 Å². The summed E-state index contributed by atoms with van der Waals surface area (Å²) >= 11 is 0. The van der Waals surface area contributed by atoms with Gasteiger partial charge >= 0.3 is 0 Å². The first-order chi connectivity index (χ1) is 17.4. The van der Waals surface area contributed by atoms with Gasteiger partial charge in [0, 0.05) is 36.7 Å². The molecule has 6 rings (SSSR count). The highest BCUT2D eigenvalue weighted by atomic mass is 16.5. The first-order valence-corrected chi connectivity index (χ1v) is 11.8. The van der Waals surface area contributed by atoms with Crippen molar-refractivity contribution in [3.05, 3.63) is 72.1 Å². The van der Waals surface area contributed by atoms with Gasteiger partial charge in [0.25, 0.3) is 5.91 Å². The number of fused-ring (bicyclic) bond motifs is 2. The van der Waals surface area contributed by atoms with Crippen molar-refractivity contribution >= 4 is 28.5 Å². The summed E-state index contributed by atoms with van der Waals surface area (Å²) in [4.78, 5) is 43.2. The van der Waals surface area contributed by atoms with E-state index >= 15 is 0 Å². The van der Waals surface area contributed by atoms with Gasteiger partial charge in [-0.05, 0) is 53.1 Å². The van der Waals surface area contributed by atoms with Crippen molar-refractivity contribution in [2.24, 2.45) is 7.05 Å². The standard InChI is InChI=1S/C28H24N4O4/c1-31-15-29-25(26(31)19-4-3-17-13-21(36-2)7-5-16(17)11-19)18-6-8-22-20(12-18)14-32(28(22)35)23-9-10-24(33)30-27(23)34/h3-8,11-13,15,23H,9-10,14H2,1-2H3,(H,30,33,34). The Hall–Kier alpha value is -4.46. The number of aryl methyl sites for hydroxylation is 1. The van der Waals surface area contributed by atoms with E-state index < -0.39 is 11.9 Å². The molecule has 36 heavy (non-hydrogen) atoms. The van der Waals surface area contributed by atoms with Crippen LogP contribution in [-0.4, -0.2) is 45.3 Å². The quantitative estimate of drug-likeness (QED) is 0.450. The molecule has 0 bridgehead atoms. The average molecular weight is 481 g/mol. The molecule has 1 atom stereocenters. The summed E-state index contributed by atoms with van der Waals surface area (Å²) in [6.45, 7) is 0.328. The van der Waals surface area contributed by atoms with Crippen molar-refractivity contribution in [2.75, 3.05) is 7.11 Å². The zero-order valence-electron chi connectivity index (χ0n) is 19.9. The number of rotatable bonds is 4. The lowest BCUT2D eigenvalue weighted by Crippen LogP contribution is -2.52. The fourth-order valence-corrected chi connectivity index (χ4v) is 5.20. The van der Waals surface area contributed by atoms with Crippen molar-refractivity contribution in [3.8, 4) is 28.3 Å². The Bertz CT molecular complexity index is 1570. The number of benzene rings is 3. The van der Waals surface area contributed by atoms with Crippen molar-refractivity contribution in [1.82, 2.24) is 19.8 Å². The number of amides is 3. The number of hydrogen-bond donors (Lipinski definition) is 1. The van der Waals surface area contributed by atoms with E-state index in [-0.39, 0.29) is 18.2 Å². The SMILES string of the molecule is COc1ccc2cc(-c3c(-c4ccc5c(c4)CN(C4CCC(=O)NC4=O)C5=O)ncn3C)ccc2c1. The zero-order chi connectivity index (χ0) is 25.0. The molecule has 3 amide bonds. The van der Waals surface area contributed by atoms with Gasteiger partial charge in [-0.1, -0.05) is 24.3 Å². The van der Waals surface area contributed by atoms with Crippen LogP contribution in [0.3, 0.4) is 0 Å². The maximum Gasteiger partial charge on any atom is 0.255 e. The summed E-state index contributed by atoms with van der Waals surface area (Å²) in [5.41, 5.74) is 5.16. The number of imide groups is 1. The van der Waals surface area contributed by atoms with E-state index in [2.05, 4.69) is 28.5 Å². The summed E-state index contributed by atoms with van der Waals surface area (Å²) in [6, 6.07) is 17.3. The van der Waals surface area contributed by atoms with Gasteiger partial charge in [-0.2, -0.15) is 0 Å². The molecular weight excluding hydrogens is 456 g/mol. The molecule has 0 aliphatic carbocycles. The van der Waals surface area contributed by atoms with Gasteiger partial charge < -0.3 is 14.2 Å². The van der Waals surface area contributed by atoms with Crippen molar-refractivity contribution in [1.29, 1.82) is 0 Å². The van der Waals surface area contributed by atoms with Gasteiger partial charge in [0.2, 0.25) is 11.8 Å². The van der Waals surface area contributed by atoms with Gasteiger partial charge in [0.15, 0.2) is 0 Å². The Balaban J connectivity index is 1.35. The maximum atomic E-state index is 13.1. The molecule has 1 saturated heterocycles. The molecule has 0 radical (unpaired) electrons. The van der Waals surface area contributed by atoms with Gasteiger partial charge in [-0.3, -0.25) is 19.7 Å². The van der Waals surface area contributed by atoms with Gasteiger partial charge in [-0.25, -0.2) is 4.98 Å². The minimum absolute atomic E-state index is 0.183. The highest BCUT2D eigenvalue weighted by molar-refractivity contribution is 6.05. The Labute approximate surface area is 207 Å². The van der Waals surface area contributed by atoms with Crippen LogP contribution >= 0.6 is 0 Å². The number of nitrogens with zero attached hydrogens (tertiary/aromatic N) is 3. The van der Waals surface area contributed by atoms with Crippen LogP contribution in [0.4, 0.5) is 0 Å². The van der Waals surface area contributed by atoms with Crippen molar-refractivity contribution in [3.63, 3.8) is 0 Å². The fourth-order valence-electron chi connectivity index (χ4n) is 5.20. The number of imidazole rings is 1. The zero-order valence-corrected chi connectivity index (χ0v) is 19.9. The molecule has 0 saturated carbocycles. The number of nitrogens with one attached hydrogen (secondary N) is 1. The molecule has 1 N–H and O–H groups in total. The molecule has 3 aromatic carbocycles. The van der Waals surface area contributed by atoms with Crippen LogP contribution in [0, 0.1) is 0 Å². The maximum absolute atomic E-state index is 13.1. The second kappa shape index (κ2) is 8.34. The second-order valence-electron chi connectivity index (χ2n) is 9.25. The lowest BCUT2D eigenvalue weighted by Gasteiger charge is -2.29. The predicted octanol–water partition coefficient (Wildman–Crippen LogP) is 3.68. The molecule has 8 heteroatoms. The smallest absolute Gasteiger partial charge is 0.255 e. The van der Waals surface area contributed by atoms with E-state index in [0.29, 0.717) is 18.5 Å². The number of carbonyl (C=O) groups is 3. The number of hydrogen-bond acceptors (Lipinski definition) is 5. The summed E-state index contributed by atoms with van der Waals surface area (Å²) in [7, 11) is 3.62. The molecule has 2 aliphatic rings. The molecule has 4 aromatic rings. The number of piperidine rings is 1. The Morgan fingerprint density at radius 3 is 2.56 bits per heavy atom. The van der Waals surface area contributed by atoms with Crippen LogP contribution in [0.2, 0.25) is 0 Å². The Morgan fingerprint density at radius 2 is 1.75 bits per heavy atom. The van der Waals surface area contributed by atoms with E-state index in [0.717, 1.165) is 44.6 Å². The van der Waals surface area contributed by atoms with E-state index in [4.69, 9.17) is 4.74 Å². The highest BCUT2D eigenvalue weighted by Crippen LogP contribution is 2.36. The van der Waals surface area contributed by atoms with Crippen molar-refractivity contribution in [2.45, 2.75) is 25.4 Å². The summed E-state index contributed by atoms with van der Waals surface area (Å²) in [5, 5.41) is 4.53. The third-order valence-corrected chi connectivity index (χ3v) is 7.05. The first kappa shape index (κ1) is 22.0. The molecule has 2 aliphatic heterocycles. The molecule has 8 nitrogen and oxygen atoms in total. The van der Waals surface area contributed by atoms with Crippen LogP contribution < -0.4 is 10.1 Å². The monoisotopic (exact) mass is 480 g/mol. The number of ether oxygens (including phenoxy) is 1. The lowest BCUT2D eigenvalue weighted by atomic mass is 9.99. The topological polar surface area (TPSA) is 93.5 Å². The Kier molecular flexibility index (Phi) is 5.10. The second-order valence-corrected chi connectivity index (χ2v) is 9.25. The highest BCUT2D eigenvalue weighted by Gasteiger charge is 2.39. The average Bonchev–Trinajstić information content (AvgIpc) is 3.42. The van der Waals surface area contributed by atoms with Crippen LogP contribution in [0.1, 0.15) is 28.8 Å². The molecule has 0 spiro atoms. The van der Waals surface area contributed by atoms with Crippen LogP contribution in [-0.2, 0) is 23.2 Å². The fraction of sp³-hybridized carbons (Fsp3) is 0.214. The number of carbonyl (C=O) groups excluding carboxylic acids is 3.